The Labute approximate surface area is 181 Å². The number of carbonyl (C=O) groups excluding carboxylic acids is 2. The molecule has 2 saturated heterocycles. The zero-order valence-electron chi connectivity index (χ0n) is 18.8. The predicted octanol–water partition coefficient (Wildman–Crippen LogP) is 6.18. The Kier molecular flexibility index (Phi) is 7.93. The van der Waals surface area contributed by atoms with Crippen molar-refractivity contribution in [3.63, 3.8) is 0 Å². The van der Waals surface area contributed by atoms with Crippen molar-refractivity contribution in [3.8, 4) is 0 Å². The van der Waals surface area contributed by atoms with E-state index in [0.29, 0.717) is 6.61 Å². The van der Waals surface area contributed by atoms with E-state index >= 15 is 0 Å². The molecule has 2 heterocycles. The smallest absolute Gasteiger partial charge is 0.331 e. The number of unbranched alkanes of at least 4 members (excludes halogenated alkanes) is 8. The second-order valence-corrected chi connectivity index (χ2v) is 8.97. The van der Waals surface area contributed by atoms with Crippen LogP contribution in [0.2, 0.25) is 0 Å². The third kappa shape index (κ3) is 4.27. The van der Waals surface area contributed by atoms with E-state index in [1.54, 1.807) is 4.90 Å². The SMILES string of the molecule is CCCCCCCCC1(CCCCCC)COC12C(=O)NC(=O)N2c1ccccc1. The maximum absolute atomic E-state index is 13.2. The van der Waals surface area contributed by atoms with Gasteiger partial charge in [0.05, 0.1) is 12.0 Å². The Morgan fingerprint density at radius 1 is 0.867 bits per heavy atom. The van der Waals surface area contributed by atoms with E-state index in [-0.39, 0.29) is 17.4 Å². The highest BCUT2D eigenvalue weighted by atomic mass is 16.6. The van der Waals surface area contributed by atoms with Crippen molar-refractivity contribution in [2.75, 3.05) is 11.5 Å². The number of rotatable bonds is 13. The van der Waals surface area contributed by atoms with Gasteiger partial charge in [-0.2, -0.15) is 0 Å². The summed E-state index contributed by atoms with van der Waals surface area (Å²) in [5.74, 6) is -0.288. The number of ether oxygens (including phenoxy) is 1. The second kappa shape index (κ2) is 10.4. The summed E-state index contributed by atoms with van der Waals surface area (Å²) >= 11 is 0. The average Bonchev–Trinajstić information content (AvgIpc) is 3.03. The maximum Gasteiger partial charge on any atom is 0.331 e. The molecule has 2 unspecified atom stereocenters. The van der Waals surface area contributed by atoms with Gasteiger partial charge in [-0.05, 0) is 25.0 Å². The molecule has 2 aliphatic heterocycles. The number of hydrogen-bond donors (Lipinski definition) is 1. The van der Waals surface area contributed by atoms with Gasteiger partial charge < -0.3 is 4.74 Å². The lowest BCUT2D eigenvalue weighted by atomic mass is 9.65. The fourth-order valence-corrected chi connectivity index (χ4v) is 5.12. The second-order valence-electron chi connectivity index (χ2n) is 8.97. The molecule has 1 spiro atoms. The van der Waals surface area contributed by atoms with E-state index in [1.165, 1.54) is 44.9 Å². The zero-order valence-corrected chi connectivity index (χ0v) is 18.8. The molecule has 0 aromatic heterocycles. The Balaban J connectivity index is 1.81. The molecule has 0 bridgehead atoms. The summed E-state index contributed by atoms with van der Waals surface area (Å²) in [5, 5.41) is 2.56. The van der Waals surface area contributed by atoms with Crippen molar-refractivity contribution >= 4 is 17.6 Å². The maximum atomic E-state index is 13.2. The Morgan fingerprint density at radius 2 is 1.43 bits per heavy atom. The van der Waals surface area contributed by atoms with Crippen LogP contribution in [-0.4, -0.2) is 24.3 Å². The van der Waals surface area contributed by atoms with Crippen molar-refractivity contribution in [1.82, 2.24) is 5.32 Å². The van der Waals surface area contributed by atoms with Crippen LogP contribution in [0.1, 0.15) is 90.9 Å². The van der Waals surface area contributed by atoms with Gasteiger partial charge in [-0.25, -0.2) is 4.79 Å². The van der Waals surface area contributed by atoms with E-state index in [9.17, 15) is 9.59 Å². The number of nitrogens with zero attached hydrogens (tertiary/aromatic N) is 1. The number of urea groups is 1. The Bertz CT molecular complexity index is 708. The fourth-order valence-electron chi connectivity index (χ4n) is 5.12. The lowest BCUT2D eigenvalue weighted by Crippen LogP contribution is -2.73. The fraction of sp³-hybridized carbons (Fsp3) is 0.680. The first-order valence-electron chi connectivity index (χ1n) is 12.0. The van der Waals surface area contributed by atoms with Gasteiger partial charge >= 0.3 is 6.03 Å². The number of imide groups is 1. The number of benzene rings is 1. The van der Waals surface area contributed by atoms with E-state index < -0.39 is 5.72 Å². The number of nitrogens with one attached hydrogen (secondary N) is 1. The highest BCUT2D eigenvalue weighted by Gasteiger charge is 2.72. The molecule has 2 atom stereocenters. The van der Waals surface area contributed by atoms with Crippen molar-refractivity contribution in [2.45, 2.75) is 96.6 Å². The summed E-state index contributed by atoms with van der Waals surface area (Å²) < 4.78 is 6.09. The molecule has 5 heteroatoms. The van der Waals surface area contributed by atoms with Gasteiger partial charge in [0, 0.05) is 5.69 Å². The topological polar surface area (TPSA) is 58.6 Å². The normalized spacial score (nSPS) is 25.6. The molecule has 1 N–H and O–H groups in total. The monoisotopic (exact) mass is 414 g/mol. The average molecular weight is 415 g/mol. The molecular weight excluding hydrogens is 376 g/mol. The van der Waals surface area contributed by atoms with Crippen LogP contribution in [0.3, 0.4) is 0 Å². The van der Waals surface area contributed by atoms with Crippen LogP contribution >= 0.6 is 0 Å². The van der Waals surface area contributed by atoms with Crippen LogP contribution in [0.5, 0.6) is 0 Å². The van der Waals surface area contributed by atoms with Gasteiger partial charge in [-0.1, -0.05) is 96.3 Å². The largest absolute Gasteiger partial charge is 0.345 e. The third-order valence-corrected chi connectivity index (χ3v) is 6.85. The minimum absolute atomic E-state index is 0.288. The molecule has 0 aliphatic carbocycles. The standard InChI is InChI=1S/C25H38N2O3/c1-3-5-7-9-10-15-19-24(18-14-8-6-4-2)20-30-25(24)22(28)26-23(29)27(25)21-16-12-11-13-17-21/h11-13,16-17H,3-10,14-15,18-20H2,1-2H3,(H,26,28,29). The minimum Gasteiger partial charge on any atom is -0.345 e. The minimum atomic E-state index is -1.19. The van der Waals surface area contributed by atoms with Gasteiger partial charge in [-0.15, -0.1) is 0 Å². The van der Waals surface area contributed by atoms with Crippen LogP contribution in [0.15, 0.2) is 30.3 Å². The highest BCUT2D eigenvalue weighted by Crippen LogP contribution is 2.56. The van der Waals surface area contributed by atoms with Gasteiger partial charge in [0.1, 0.15) is 0 Å². The van der Waals surface area contributed by atoms with E-state index in [1.807, 2.05) is 30.3 Å². The molecule has 3 rings (SSSR count). The van der Waals surface area contributed by atoms with E-state index in [4.69, 9.17) is 4.74 Å². The van der Waals surface area contributed by atoms with Gasteiger partial charge in [0.2, 0.25) is 5.72 Å². The Morgan fingerprint density at radius 3 is 2.00 bits per heavy atom. The first-order chi connectivity index (χ1) is 14.6. The molecule has 166 valence electrons. The first-order valence-corrected chi connectivity index (χ1v) is 12.0. The highest BCUT2D eigenvalue weighted by molar-refractivity contribution is 6.17. The van der Waals surface area contributed by atoms with Gasteiger partial charge in [0.15, 0.2) is 0 Å². The van der Waals surface area contributed by atoms with E-state index in [0.717, 1.165) is 37.8 Å². The number of carbonyl (C=O) groups is 2. The quantitative estimate of drug-likeness (QED) is 0.310. The number of amides is 3. The summed E-state index contributed by atoms with van der Waals surface area (Å²) in [5.41, 5.74) is -0.778. The van der Waals surface area contributed by atoms with Crippen LogP contribution in [0, 0.1) is 5.41 Å². The van der Waals surface area contributed by atoms with Crippen LogP contribution in [0.4, 0.5) is 10.5 Å². The van der Waals surface area contributed by atoms with Crippen LogP contribution < -0.4 is 10.2 Å². The molecule has 1 aromatic rings. The van der Waals surface area contributed by atoms with Gasteiger partial charge in [-0.3, -0.25) is 15.0 Å². The molecule has 0 saturated carbocycles. The molecule has 0 radical (unpaired) electrons. The molecular formula is C25H38N2O3. The summed E-state index contributed by atoms with van der Waals surface area (Å²) in [7, 11) is 0. The molecule has 2 aliphatic rings. The zero-order chi connectivity index (χ0) is 21.5. The lowest BCUT2D eigenvalue weighted by Gasteiger charge is -2.58. The van der Waals surface area contributed by atoms with Crippen molar-refractivity contribution in [3.05, 3.63) is 30.3 Å². The molecule has 1 aromatic carbocycles. The summed E-state index contributed by atoms with van der Waals surface area (Å²) in [6.45, 7) is 4.99. The molecule has 5 nitrogen and oxygen atoms in total. The van der Waals surface area contributed by atoms with Crippen LogP contribution in [-0.2, 0) is 9.53 Å². The van der Waals surface area contributed by atoms with Gasteiger partial charge in [0.25, 0.3) is 5.91 Å². The summed E-state index contributed by atoms with van der Waals surface area (Å²) in [6.07, 6.45) is 13.8. The third-order valence-electron chi connectivity index (χ3n) is 6.85. The Hall–Kier alpha value is -1.88. The molecule has 2 fully saturated rings. The van der Waals surface area contributed by atoms with Crippen molar-refractivity contribution in [1.29, 1.82) is 0 Å². The summed E-state index contributed by atoms with van der Waals surface area (Å²) in [4.78, 5) is 27.6. The molecule has 30 heavy (non-hydrogen) atoms. The number of anilines is 1. The lowest BCUT2D eigenvalue weighted by molar-refractivity contribution is -0.253. The number of hydrogen-bond acceptors (Lipinski definition) is 3. The van der Waals surface area contributed by atoms with Crippen LogP contribution in [0.25, 0.3) is 0 Å². The van der Waals surface area contributed by atoms with E-state index in [2.05, 4.69) is 19.2 Å². The first kappa shape index (κ1) is 22.8. The predicted molar refractivity (Wildman–Crippen MR) is 120 cm³/mol. The summed E-state index contributed by atoms with van der Waals surface area (Å²) in [6, 6.07) is 9.11. The van der Waals surface area contributed by atoms with Crippen molar-refractivity contribution in [2.24, 2.45) is 5.41 Å². The molecule has 3 amide bonds. The number of para-hydroxylation sites is 1. The van der Waals surface area contributed by atoms with Crippen molar-refractivity contribution < 1.29 is 14.3 Å².